The summed E-state index contributed by atoms with van der Waals surface area (Å²) in [4.78, 5) is 7.66. The molecular formula is C14H22BrN3OS. The first-order valence-corrected chi connectivity index (χ1v) is 8.52. The Morgan fingerprint density at radius 2 is 2.20 bits per heavy atom. The lowest BCUT2D eigenvalue weighted by Gasteiger charge is -2.27. The van der Waals surface area contributed by atoms with Crippen LogP contribution in [-0.4, -0.2) is 42.2 Å². The number of rotatable bonds is 4. The Hall–Kier alpha value is -0.590. The second-order valence-corrected chi connectivity index (χ2v) is 7.94. The van der Waals surface area contributed by atoms with E-state index in [-0.39, 0.29) is 0 Å². The Morgan fingerprint density at radius 3 is 2.75 bits per heavy atom. The van der Waals surface area contributed by atoms with Gasteiger partial charge < -0.3 is 15.3 Å². The fraction of sp³-hybridized carbons (Fsp3) is 0.643. The summed E-state index contributed by atoms with van der Waals surface area (Å²) in [6.07, 6.45) is 4.02. The third kappa shape index (κ3) is 4.20. The molecule has 1 aromatic rings. The average molecular weight is 360 g/mol. The molecule has 1 saturated carbocycles. The molecule has 0 spiro atoms. The zero-order chi connectivity index (χ0) is 14.6. The molecule has 0 atom stereocenters. The Morgan fingerprint density at radius 1 is 1.50 bits per heavy atom. The van der Waals surface area contributed by atoms with Crippen LogP contribution in [0.3, 0.4) is 0 Å². The second kappa shape index (κ2) is 6.91. The minimum Gasteiger partial charge on any atom is -0.388 e. The first kappa shape index (κ1) is 15.8. The van der Waals surface area contributed by atoms with E-state index in [1.165, 1.54) is 4.88 Å². The molecule has 0 aromatic carbocycles. The highest BCUT2D eigenvalue weighted by molar-refractivity contribution is 9.11. The first-order chi connectivity index (χ1) is 9.52. The van der Waals surface area contributed by atoms with Crippen molar-refractivity contribution in [1.82, 2.24) is 10.2 Å². The van der Waals surface area contributed by atoms with Gasteiger partial charge in [-0.3, -0.25) is 4.99 Å². The van der Waals surface area contributed by atoms with Crippen molar-refractivity contribution in [2.24, 2.45) is 4.99 Å². The van der Waals surface area contributed by atoms with Gasteiger partial charge in [0.1, 0.15) is 0 Å². The molecule has 0 saturated heterocycles. The smallest absolute Gasteiger partial charge is 0.193 e. The number of guanidine groups is 1. The molecule has 0 radical (unpaired) electrons. The van der Waals surface area contributed by atoms with E-state index < -0.39 is 5.60 Å². The number of hydrogen-bond donors (Lipinski definition) is 2. The van der Waals surface area contributed by atoms with Gasteiger partial charge in [0.2, 0.25) is 0 Å². The van der Waals surface area contributed by atoms with Crippen molar-refractivity contribution in [3.8, 4) is 0 Å². The van der Waals surface area contributed by atoms with Gasteiger partial charge in [0.25, 0.3) is 0 Å². The molecule has 2 N–H and O–H groups in total. The summed E-state index contributed by atoms with van der Waals surface area (Å²) in [6.45, 7) is 1.40. The van der Waals surface area contributed by atoms with E-state index in [9.17, 15) is 5.11 Å². The largest absolute Gasteiger partial charge is 0.388 e. The van der Waals surface area contributed by atoms with Crippen LogP contribution in [0.1, 0.15) is 30.6 Å². The summed E-state index contributed by atoms with van der Waals surface area (Å²) >= 11 is 5.21. The van der Waals surface area contributed by atoms with Gasteiger partial charge in [0.05, 0.1) is 15.9 Å². The van der Waals surface area contributed by atoms with Gasteiger partial charge in [-0.25, -0.2) is 0 Å². The summed E-state index contributed by atoms with van der Waals surface area (Å²) in [6, 6.07) is 4.17. The van der Waals surface area contributed by atoms with Crippen LogP contribution in [0, 0.1) is 0 Å². The molecule has 0 aliphatic heterocycles. The number of aliphatic imine (C=N–C) groups is 1. The zero-order valence-corrected chi connectivity index (χ0v) is 14.4. The van der Waals surface area contributed by atoms with Gasteiger partial charge in [-0.1, -0.05) is 12.8 Å². The SMILES string of the molecule is CN=C(NCC1(O)CCCC1)N(C)Cc1ccc(Br)s1. The number of nitrogens with one attached hydrogen (secondary N) is 1. The molecule has 2 rings (SSSR count). The van der Waals surface area contributed by atoms with Crippen LogP contribution >= 0.6 is 27.3 Å². The number of aliphatic hydroxyl groups is 1. The molecule has 112 valence electrons. The van der Waals surface area contributed by atoms with Gasteiger partial charge in [-0.15, -0.1) is 11.3 Å². The van der Waals surface area contributed by atoms with Crippen molar-refractivity contribution in [1.29, 1.82) is 0 Å². The predicted octanol–water partition coefficient (Wildman–Crippen LogP) is 2.82. The second-order valence-electron chi connectivity index (χ2n) is 5.39. The number of hydrogen-bond acceptors (Lipinski definition) is 3. The molecule has 0 amide bonds. The Labute approximate surface area is 133 Å². The Bertz CT molecular complexity index is 469. The van der Waals surface area contributed by atoms with Gasteiger partial charge in [0.15, 0.2) is 5.96 Å². The van der Waals surface area contributed by atoms with Crippen molar-refractivity contribution in [2.75, 3.05) is 20.6 Å². The van der Waals surface area contributed by atoms with Crippen molar-refractivity contribution in [3.05, 3.63) is 20.8 Å². The van der Waals surface area contributed by atoms with Crippen LogP contribution in [0.15, 0.2) is 20.9 Å². The highest BCUT2D eigenvalue weighted by Crippen LogP contribution is 2.28. The molecule has 1 aliphatic rings. The third-order valence-corrected chi connectivity index (χ3v) is 5.31. The lowest BCUT2D eigenvalue weighted by atomic mass is 10.0. The number of nitrogens with zero attached hydrogens (tertiary/aromatic N) is 2. The normalized spacial score (nSPS) is 18.3. The van der Waals surface area contributed by atoms with Gasteiger partial charge in [0, 0.05) is 25.5 Å². The third-order valence-electron chi connectivity index (χ3n) is 3.71. The molecule has 1 heterocycles. The van der Waals surface area contributed by atoms with Crippen molar-refractivity contribution in [3.63, 3.8) is 0 Å². The molecule has 4 nitrogen and oxygen atoms in total. The standard InChI is InChI=1S/C14H22BrN3OS/c1-16-13(17-10-14(19)7-3-4-8-14)18(2)9-11-5-6-12(15)20-11/h5-6,19H,3-4,7-10H2,1-2H3,(H,16,17). The van der Waals surface area contributed by atoms with Gasteiger partial charge >= 0.3 is 0 Å². The zero-order valence-electron chi connectivity index (χ0n) is 12.0. The van der Waals surface area contributed by atoms with E-state index in [1.54, 1.807) is 18.4 Å². The van der Waals surface area contributed by atoms with Crippen LogP contribution in [0.4, 0.5) is 0 Å². The number of halogens is 1. The summed E-state index contributed by atoms with van der Waals surface area (Å²) in [5.74, 6) is 0.829. The molecule has 1 aromatic heterocycles. The van der Waals surface area contributed by atoms with Crippen molar-refractivity contribution < 1.29 is 5.11 Å². The Kier molecular flexibility index (Phi) is 5.46. The van der Waals surface area contributed by atoms with E-state index in [2.05, 4.69) is 43.3 Å². The highest BCUT2D eigenvalue weighted by atomic mass is 79.9. The highest BCUT2D eigenvalue weighted by Gasteiger charge is 2.31. The van der Waals surface area contributed by atoms with Crippen molar-refractivity contribution in [2.45, 2.75) is 37.8 Å². The van der Waals surface area contributed by atoms with Gasteiger partial charge in [-0.2, -0.15) is 0 Å². The van der Waals surface area contributed by atoms with Crippen LogP contribution in [0.2, 0.25) is 0 Å². The lowest BCUT2D eigenvalue weighted by molar-refractivity contribution is 0.0516. The molecule has 0 unspecified atom stereocenters. The topological polar surface area (TPSA) is 47.9 Å². The number of thiophene rings is 1. The summed E-state index contributed by atoms with van der Waals surface area (Å²) in [5, 5.41) is 13.7. The molecular weight excluding hydrogens is 338 g/mol. The van der Waals surface area contributed by atoms with E-state index in [4.69, 9.17) is 0 Å². The average Bonchev–Trinajstić information content (AvgIpc) is 3.00. The van der Waals surface area contributed by atoms with Crippen LogP contribution < -0.4 is 5.32 Å². The quantitative estimate of drug-likeness (QED) is 0.641. The summed E-state index contributed by atoms with van der Waals surface area (Å²) in [7, 11) is 3.80. The molecule has 0 bridgehead atoms. The molecule has 6 heteroatoms. The fourth-order valence-electron chi connectivity index (χ4n) is 2.58. The fourth-order valence-corrected chi connectivity index (χ4v) is 4.12. The van der Waals surface area contributed by atoms with E-state index in [0.29, 0.717) is 6.54 Å². The summed E-state index contributed by atoms with van der Waals surface area (Å²) in [5.41, 5.74) is -0.553. The maximum atomic E-state index is 10.4. The van der Waals surface area contributed by atoms with Crippen LogP contribution in [0.5, 0.6) is 0 Å². The molecule has 1 aliphatic carbocycles. The molecule has 20 heavy (non-hydrogen) atoms. The minimum absolute atomic E-state index is 0.553. The van der Waals surface area contributed by atoms with Crippen LogP contribution in [0.25, 0.3) is 0 Å². The minimum atomic E-state index is -0.553. The maximum Gasteiger partial charge on any atom is 0.193 e. The van der Waals surface area contributed by atoms with Gasteiger partial charge in [-0.05, 0) is 40.9 Å². The Balaban J connectivity index is 1.87. The molecule has 1 fully saturated rings. The van der Waals surface area contributed by atoms with E-state index >= 15 is 0 Å². The van der Waals surface area contributed by atoms with E-state index in [0.717, 1.165) is 42.0 Å². The first-order valence-electron chi connectivity index (χ1n) is 6.91. The maximum absolute atomic E-state index is 10.4. The lowest BCUT2D eigenvalue weighted by Crippen LogP contribution is -2.46. The monoisotopic (exact) mass is 359 g/mol. The predicted molar refractivity (Wildman–Crippen MR) is 88.3 cm³/mol. The van der Waals surface area contributed by atoms with E-state index in [1.807, 2.05) is 7.05 Å². The van der Waals surface area contributed by atoms with Crippen LogP contribution in [-0.2, 0) is 6.54 Å². The van der Waals surface area contributed by atoms with Crippen molar-refractivity contribution >= 4 is 33.2 Å². The summed E-state index contributed by atoms with van der Waals surface area (Å²) < 4.78 is 1.14.